The molecule has 0 aliphatic carbocycles. The molecule has 0 saturated carbocycles. The van der Waals surface area contributed by atoms with Crippen LogP contribution < -0.4 is 5.73 Å². The number of hydrogen-bond donors (Lipinski definition) is 1. The number of carbonyl (C=O) groups excluding carboxylic acids is 2. The van der Waals surface area contributed by atoms with Crippen molar-refractivity contribution in [2.45, 2.75) is 26.4 Å². The largest absolute Gasteiger partial charge is 0.468 e. The van der Waals surface area contributed by atoms with Gasteiger partial charge in [-0.05, 0) is 19.9 Å². The van der Waals surface area contributed by atoms with Gasteiger partial charge >= 0.3 is 5.97 Å². The summed E-state index contributed by atoms with van der Waals surface area (Å²) >= 11 is 0. The lowest BCUT2D eigenvalue weighted by atomic mass is 10.3. The fraction of sp³-hybridized carbons (Fsp3) is 0.545. The van der Waals surface area contributed by atoms with Gasteiger partial charge in [0.1, 0.15) is 18.9 Å². The van der Waals surface area contributed by atoms with E-state index in [0.717, 1.165) is 0 Å². The van der Waals surface area contributed by atoms with Crippen LogP contribution >= 0.6 is 0 Å². The van der Waals surface area contributed by atoms with Crippen molar-refractivity contribution >= 4 is 17.7 Å². The van der Waals surface area contributed by atoms with Gasteiger partial charge in [0, 0.05) is 12.2 Å². The van der Waals surface area contributed by atoms with Crippen LogP contribution in [0.5, 0.6) is 0 Å². The summed E-state index contributed by atoms with van der Waals surface area (Å²) in [5, 5.41) is 3.92. The summed E-state index contributed by atoms with van der Waals surface area (Å²) in [6, 6.07) is 1.51. The lowest BCUT2D eigenvalue weighted by Crippen LogP contribution is -2.42. The molecule has 0 atom stereocenters. The number of ether oxygens (including phenoxy) is 1. The third kappa shape index (κ3) is 3.76. The SMILES string of the molecule is COC(=O)CN(C(=O)Cn1ccc(N)n1)C(C)C. The highest BCUT2D eigenvalue weighted by atomic mass is 16.5. The third-order valence-corrected chi connectivity index (χ3v) is 2.43. The molecule has 0 aliphatic heterocycles. The molecule has 7 heteroatoms. The number of amides is 1. The van der Waals surface area contributed by atoms with E-state index in [9.17, 15) is 9.59 Å². The second-order valence-corrected chi connectivity index (χ2v) is 4.13. The van der Waals surface area contributed by atoms with Crippen molar-refractivity contribution in [1.82, 2.24) is 14.7 Å². The van der Waals surface area contributed by atoms with Crippen LogP contribution in [0.1, 0.15) is 13.8 Å². The van der Waals surface area contributed by atoms with Crippen molar-refractivity contribution in [2.75, 3.05) is 19.4 Å². The highest BCUT2D eigenvalue weighted by molar-refractivity contribution is 5.82. The molecular formula is C11H18N4O3. The summed E-state index contributed by atoms with van der Waals surface area (Å²) in [6.07, 6.45) is 1.61. The Hall–Kier alpha value is -2.05. The first-order valence-corrected chi connectivity index (χ1v) is 5.59. The second-order valence-electron chi connectivity index (χ2n) is 4.13. The Morgan fingerprint density at radius 1 is 1.56 bits per heavy atom. The molecule has 2 N–H and O–H groups in total. The zero-order valence-electron chi connectivity index (χ0n) is 10.8. The first kappa shape index (κ1) is 14.0. The number of hydrogen-bond acceptors (Lipinski definition) is 5. The van der Waals surface area contributed by atoms with Crippen LogP contribution in [0.4, 0.5) is 5.82 Å². The van der Waals surface area contributed by atoms with E-state index in [4.69, 9.17) is 5.73 Å². The molecule has 0 unspecified atom stereocenters. The number of methoxy groups -OCH3 is 1. The van der Waals surface area contributed by atoms with E-state index in [1.165, 1.54) is 16.7 Å². The van der Waals surface area contributed by atoms with E-state index in [-0.39, 0.29) is 25.0 Å². The topological polar surface area (TPSA) is 90.5 Å². The number of nitrogen functional groups attached to an aromatic ring is 1. The molecule has 0 aliphatic rings. The van der Waals surface area contributed by atoms with E-state index >= 15 is 0 Å². The second kappa shape index (κ2) is 6.04. The predicted molar refractivity (Wildman–Crippen MR) is 65.5 cm³/mol. The Bertz CT molecular complexity index is 428. The van der Waals surface area contributed by atoms with E-state index in [1.807, 2.05) is 13.8 Å². The van der Waals surface area contributed by atoms with E-state index in [2.05, 4.69) is 9.84 Å². The van der Waals surface area contributed by atoms with Crippen LogP contribution in [0, 0.1) is 0 Å². The summed E-state index contributed by atoms with van der Waals surface area (Å²) in [4.78, 5) is 24.7. The molecule has 1 rings (SSSR count). The third-order valence-electron chi connectivity index (χ3n) is 2.43. The van der Waals surface area contributed by atoms with E-state index < -0.39 is 5.97 Å². The minimum Gasteiger partial charge on any atom is -0.468 e. The van der Waals surface area contributed by atoms with Crippen LogP contribution in [0.15, 0.2) is 12.3 Å². The first-order chi connectivity index (χ1) is 8.43. The van der Waals surface area contributed by atoms with Crippen LogP contribution in [0.25, 0.3) is 0 Å². The van der Waals surface area contributed by atoms with Gasteiger partial charge in [-0.1, -0.05) is 0 Å². The highest BCUT2D eigenvalue weighted by Crippen LogP contribution is 2.03. The molecule has 0 spiro atoms. The van der Waals surface area contributed by atoms with Crippen molar-refractivity contribution in [3.8, 4) is 0 Å². The van der Waals surface area contributed by atoms with E-state index in [1.54, 1.807) is 12.3 Å². The van der Waals surface area contributed by atoms with E-state index in [0.29, 0.717) is 5.82 Å². The van der Waals surface area contributed by atoms with Crippen LogP contribution in [0.3, 0.4) is 0 Å². The number of esters is 1. The monoisotopic (exact) mass is 254 g/mol. The van der Waals surface area contributed by atoms with Crippen LogP contribution in [0.2, 0.25) is 0 Å². The van der Waals surface area contributed by atoms with Crippen molar-refractivity contribution in [1.29, 1.82) is 0 Å². The number of nitrogens with zero attached hydrogens (tertiary/aromatic N) is 3. The van der Waals surface area contributed by atoms with Gasteiger partial charge in [-0.25, -0.2) is 0 Å². The lowest BCUT2D eigenvalue weighted by Gasteiger charge is -2.25. The molecule has 0 radical (unpaired) electrons. The number of nitrogens with two attached hydrogens (primary N) is 1. The molecule has 100 valence electrons. The van der Waals surface area contributed by atoms with Gasteiger partial charge in [-0.3, -0.25) is 14.3 Å². The van der Waals surface area contributed by atoms with Gasteiger partial charge < -0.3 is 15.4 Å². The smallest absolute Gasteiger partial charge is 0.325 e. The van der Waals surface area contributed by atoms with Crippen molar-refractivity contribution in [3.63, 3.8) is 0 Å². The molecule has 1 heterocycles. The molecule has 0 saturated heterocycles. The Labute approximate surface area is 105 Å². The zero-order valence-corrected chi connectivity index (χ0v) is 10.8. The highest BCUT2D eigenvalue weighted by Gasteiger charge is 2.20. The van der Waals surface area contributed by atoms with Crippen LogP contribution in [-0.4, -0.2) is 46.3 Å². The van der Waals surface area contributed by atoms with Crippen LogP contribution in [-0.2, 0) is 20.9 Å². The number of rotatable bonds is 5. The number of carbonyl (C=O) groups is 2. The van der Waals surface area contributed by atoms with Crippen molar-refractivity contribution in [2.24, 2.45) is 0 Å². The Balaban J connectivity index is 2.68. The quantitative estimate of drug-likeness (QED) is 0.739. The lowest BCUT2D eigenvalue weighted by molar-refractivity contribution is -0.148. The summed E-state index contributed by atoms with van der Waals surface area (Å²) in [5.41, 5.74) is 5.46. The number of aromatic nitrogens is 2. The fourth-order valence-corrected chi connectivity index (χ4v) is 1.46. The zero-order chi connectivity index (χ0) is 13.7. The Morgan fingerprint density at radius 3 is 2.67 bits per heavy atom. The van der Waals surface area contributed by atoms with Gasteiger partial charge in [0.05, 0.1) is 7.11 Å². The Kier molecular flexibility index (Phi) is 4.70. The molecule has 18 heavy (non-hydrogen) atoms. The average molecular weight is 254 g/mol. The Morgan fingerprint density at radius 2 is 2.22 bits per heavy atom. The standard InChI is InChI=1S/C11H18N4O3/c1-8(2)15(7-11(17)18-3)10(16)6-14-5-4-9(12)13-14/h4-5,8H,6-7H2,1-3H3,(H2,12,13). The minimum absolute atomic E-state index is 0.0480. The van der Waals surface area contributed by atoms with Gasteiger partial charge in [-0.15, -0.1) is 0 Å². The molecule has 1 amide bonds. The van der Waals surface area contributed by atoms with Gasteiger partial charge in [-0.2, -0.15) is 5.10 Å². The summed E-state index contributed by atoms with van der Waals surface area (Å²) in [5.74, 6) is -0.303. The number of anilines is 1. The maximum absolute atomic E-state index is 12.0. The molecule has 0 fully saturated rings. The minimum atomic E-state index is -0.447. The summed E-state index contributed by atoms with van der Waals surface area (Å²) in [7, 11) is 1.29. The van der Waals surface area contributed by atoms with Crippen molar-refractivity contribution < 1.29 is 14.3 Å². The predicted octanol–water partition coefficient (Wildman–Crippen LogP) is -0.125. The van der Waals surface area contributed by atoms with Crippen molar-refractivity contribution in [3.05, 3.63) is 12.3 Å². The molecule has 1 aromatic heterocycles. The average Bonchev–Trinajstić information content (AvgIpc) is 2.70. The fourth-order valence-electron chi connectivity index (χ4n) is 1.46. The van der Waals surface area contributed by atoms with Gasteiger partial charge in [0.15, 0.2) is 0 Å². The summed E-state index contributed by atoms with van der Waals surface area (Å²) < 4.78 is 5.99. The first-order valence-electron chi connectivity index (χ1n) is 5.59. The molecule has 0 bridgehead atoms. The molecule has 0 aromatic carbocycles. The molecule has 1 aromatic rings. The van der Waals surface area contributed by atoms with Gasteiger partial charge in [0.25, 0.3) is 0 Å². The van der Waals surface area contributed by atoms with Gasteiger partial charge in [0.2, 0.25) is 5.91 Å². The maximum Gasteiger partial charge on any atom is 0.325 e. The summed E-state index contributed by atoms with van der Waals surface area (Å²) in [6.45, 7) is 3.65. The molecule has 7 nitrogen and oxygen atoms in total. The maximum atomic E-state index is 12.0. The molecular weight excluding hydrogens is 236 g/mol. The normalized spacial score (nSPS) is 10.4.